The molecular weight excluding hydrogens is 310 g/mol. The van der Waals surface area contributed by atoms with E-state index in [0.29, 0.717) is 19.7 Å². The van der Waals surface area contributed by atoms with E-state index in [4.69, 9.17) is 4.74 Å². The largest absolute Gasteiger partial charge is 0.486 e. The molecule has 0 aliphatic heterocycles. The van der Waals surface area contributed by atoms with Crippen molar-refractivity contribution in [1.82, 2.24) is 14.8 Å². The molecule has 0 radical (unpaired) electrons. The molecule has 0 spiro atoms. The molecule has 1 heterocycles. The fourth-order valence-corrected chi connectivity index (χ4v) is 2.67. The summed E-state index contributed by atoms with van der Waals surface area (Å²) >= 11 is 1.58. The maximum Gasteiger partial charge on any atom is 0.236 e. The van der Waals surface area contributed by atoms with Crippen molar-refractivity contribution in [2.24, 2.45) is 0 Å². The Morgan fingerprint density at radius 3 is 2.57 bits per heavy atom. The summed E-state index contributed by atoms with van der Waals surface area (Å²) in [6.07, 6.45) is 0. The molecule has 0 aliphatic carbocycles. The highest BCUT2D eigenvalue weighted by molar-refractivity contribution is 7.09. The normalized spacial score (nSPS) is 10.8. The number of likely N-dealkylation sites (N-methyl/N-ethyl adjacent to an activating group) is 2. The van der Waals surface area contributed by atoms with Crippen LogP contribution in [0.4, 0.5) is 0 Å². The molecule has 5 nitrogen and oxygen atoms in total. The molecule has 0 fully saturated rings. The third kappa shape index (κ3) is 5.65. The number of carbonyl (C=O) groups is 1. The van der Waals surface area contributed by atoms with E-state index in [1.165, 1.54) is 5.56 Å². The lowest BCUT2D eigenvalue weighted by Gasteiger charge is -2.17. The first kappa shape index (κ1) is 17.4. The number of thiazole rings is 1. The van der Waals surface area contributed by atoms with Crippen molar-refractivity contribution in [3.63, 3.8) is 0 Å². The highest BCUT2D eigenvalue weighted by Gasteiger charge is 2.11. The molecule has 0 N–H and O–H groups in total. The Balaban J connectivity index is 1.83. The number of aryl methyl sites for hydroxylation is 1. The van der Waals surface area contributed by atoms with Gasteiger partial charge in [0.15, 0.2) is 0 Å². The lowest BCUT2D eigenvalue weighted by Crippen LogP contribution is -2.34. The van der Waals surface area contributed by atoms with Crippen LogP contribution in [-0.2, 0) is 17.9 Å². The molecule has 0 atom stereocenters. The van der Waals surface area contributed by atoms with Crippen molar-refractivity contribution in [1.29, 1.82) is 0 Å². The van der Waals surface area contributed by atoms with Gasteiger partial charge in [-0.3, -0.25) is 9.69 Å². The van der Waals surface area contributed by atoms with Gasteiger partial charge in [0.05, 0.1) is 12.2 Å². The molecule has 2 aromatic rings. The van der Waals surface area contributed by atoms with E-state index in [2.05, 4.69) is 11.9 Å². The van der Waals surface area contributed by atoms with E-state index in [-0.39, 0.29) is 5.91 Å². The van der Waals surface area contributed by atoms with E-state index in [1.807, 2.05) is 41.6 Å². The molecular formula is C17H23N3O2S. The molecule has 0 saturated heterocycles. The first-order valence-corrected chi connectivity index (χ1v) is 8.33. The van der Waals surface area contributed by atoms with Crippen molar-refractivity contribution in [2.75, 3.05) is 27.7 Å². The first-order valence-electron chi connectivity index (χ1n) is 7.45. The molecule has 0 aliphatic rings. The summed E-state index contributed by atoms with van der Waals surface area (Å²) in [5, 5.41) is 2.96. The van der Waals surface area contributed by atoms with Crippen LogP contribution in [0.1, 0.15) is 16.3 Å². The zero-order valence-corrected chi connectivity index (χ0v) is 14.9. The van der Waals surface area contributed by atoms with Crippen molar-refractivity contribution in [3.8, 4) is 5.75 Å². The van der Waals surface area contributed by atoms with Crippen LogP contribution in [0.15, 0.2) is 29.6 Å². The van der Waals surface area contributed by atoms with Gasteiger partial charge in [0.1, 0.15) is 17.4 Å². The van der Waals surface area contributed by atoms with Gasteiger partial charge in [-0.1, -0.05) is 17.7 Å². The highest BCUT2D eigenvalue weighted by atomic mass is 32.1. The number of rotatable bonds is 7. The van der Waals surface area contributed by atoms with Crippen LogP contribution in [0.25, 0.3) is 0 Å². The summed E-state index contributed by atoms with van der Waals surface area (Å²) in [6.45, 7) is 3.56. The minimum Gasteiger partial charge on any atom is -0.486 e. The maximum absolute atomic E-state index is 11.7. The predicted molar refractivity (Wildman–Crippen MR) is 92.7 cm³/mol. The lowest BCUT2D eigenvalue weighted by atomic mass is 10.2. The number of hydrogen-bond donors (Lipinski definition) is 0. The Morgan fingerprint density at radius 2 is 1.91 bits per heavy atom. The van der Waals surface area contributed by atoms with Crippen LogP contribution in [-0.4, -0.2) is 48.4 Å². The van der Waals surface area contributed by atoms with Gasteiger partial charge < -0.3 is 9.64 Å². The van der Waals surface area contributed by atoms with Crippen molar-refractivity contribution >= 4 is 17.2 Å². The number of ether oxygens (including phenoxy) is 1. The van der Waals surface area contributed by atoms with Gasteiger partial charge in [0, 0.05) is 26.0 Å². The number of nitrogens with zero attached hydrogens (tertiary/aromatic N) is 3. The first-order chi connectivity index (χ1) is 10.9. The molecule has 1 aromatic carbocycles. The summed E-state index contributed by atoms with van der Waals surface area (Å²) in [5.41, 5.74) is 2.18. The standard InChI is InChI=1S/C17H23N3O2S/c1-13-5-7-15(8-6-13)22-11-16-18-14(12-23-16)9-20(4)10-17(21)19(2)3/h5-8,12H,9-11H2,1-4H3. The minimum atomic E-state index is 0.0886. The Morgan fingerprint density at radius 1 is 1.22 bits per heavy atom. The summed E-state index contributed by atoms with van der Waals surface area (Å²) in [4.78, 5) is 19.8. The van der Waals surface area contributed by atoms with E-state index >= 15 is 0 Å². The van der Waals surface area contributed by atoms with Crippen LogP contribution in [0.5, 0.6) is 5.75 Å². The highest BCUT2D eigenvalue weighted by Crippen LogP contribution is 2.16. The zero-order chi connectivity index (χ0) is 16.8. The Labute approximate surface area is 141 Å². The van der Waals surface area contributed by atoms with E-state index in [9.17, 15) is 4.79 Å². The average molecular weight is 333 g/mol. The van der Waals surface area contributed by atoms with Crippen molar-refractivity contribution < 1.29 is 9.53 Å². The quantitative estimate of drug-likeness (QED) is 0.781. The molecule has 0 unspecified atom stereocenters. The van der Waals surface area contributed by atoms with Crippen LogP contribution < -0.4 is 4.74 Å². The second kappa shape index (κ2) is 8.08. The zero-order valence-electron chi connectivity index (χ0n) is 14.1. The molecule has 124 valence electrons. The smallest absolute Gasteiger partial charge is 0.236 e. The molecule has 0 bridgehead atoms. The molecule has 1 amide bonds. The van der Waals surface area contributed by atoms with Crippen LogP contribution >= 0.6 is 11.3 Å². The van der Waals surface area contributed by atoms with Gasteiger partial charge in [-0.05, 0) is 26.1 Å². The van der Waals surface area contributed by atoms with Gasteiger partial charge in [-0.2, -0.15) is 0 Å². The third-order valence-corrected chi connectivity index (χ3v) is 4.19. The number of benzene rings is 1. The molecule has 1 aromatic heterocycles. The van der Waals surface area contributed by atoms with Gasteiger partial charge >= 0.3 is 0 Å². The fraction of sp³-hybridized carbons (Fsp3) is 0.412. The summed E-state index contributed by atoms with van der Waals surface area (Å²) in [6, 6.07) is 7.98. The maximum atomic E-state index is 11.7. The number of hydrogen-bond acceptors (Lipinski definition) is 5. The summed E-state index contributed by atoms with van der Waals surface area (Å²) in [7, 11) is 5.45. The lowest BCUT2D eigenvalue weighted by molar-refractivity contribution is -0.129. The Hall–Kier alpha value is -1.92. The number of amides is 1. The Bertz CT molecular complexity index is 638. The van der Waals surface area contributed by atoms with Crippen LogP contribution in [0.3, 0.4) is 0 Å². The second-order valence-electron chi connectivity index (χ2n) is 5.79. The molecule has 23 heavy (non-hydrogen) atoms. The SMILES string of the molecule is Cc1ccc(OCc2nc(CN(C)CC(=O)N(C)C)cs2)cc1. The monoisotopic (exact) mass is 333 g/mol. The average Bonchev–Trinajstić information content (AvgIpc) is 2.93. The summed E-state index contributed by atoms with van der Waals surface area (Å²) in [5.74, 6) is 0.937. The number of carbonyl (C=O) groups excluding carboxylic acids is 1. The van der Waals surface area contributed by atoms with Gasteiger partial charge in [-0.15, -0.1) is 11.3 Å². The minimum absolute atomic E-state index is 0.0886. The van der Waals surface area contributed by atoms with Crippen LogP contribution in [0, 0.1) is 6.92 Å². The second-order valence-corrected chi connectivity index (χ2v) is 6.74. The molecule has 0 saturated carbocycles. The van der Waals surface area contributed by atoms with Crippen LogP contribution in [0.2, 0.25) is 0 Å². The van der Waals surface area contributed by atoms with E-state index in [1.54, 1.807) is 30.3 Å². The van der Waals surface area contributed by atoms with Gasteiger partial charge in [-0.25, -0.2) is 4.98 Å². The van der Waals surface area contributed by atoms with Gasteiger partial charge in [0.2, 0.25) is 5.91 Å². The summed E-state index contributed by atoms with van der Waals surface area (Å²) < 4.78 is 5.73. The van der Waals surface area contributed by atoms with E-state index in [0.717, 1.165) is 16.5 Å². The predicted octanol–water partition coefficient (Wildman–Crippen LogP) is 2.55. The fourth-order valence-electron chi connectivity index (χ4n) is 1.97. The van der Waals surface area contributed by atoms with Gasteiger partial charge in [0.25, 0.3) is 0 Å². The topological polar surface area (TPSA) is 45.7 Å². The van der Waals surface area contributed by atoms with E-state index < -0.39 is 0 Å². The molecule has 2 rings (SSSR count). The van der Waals surface area contributed by atoms with Crippen molar-refractivity contribution in [2.45, 2.75) is 20.1 Å². The third-order valence-electron chi connectivity index (χ3n) is 3.32. The van der Waals surface area contributed by atoms with Crippen molar-refractivity contribution in [3.05, 3.63) is 45.9 Å². The Kier molecular flexibility index (Phi) is 6.12. The molecule has 6 heteroatoms. The number of aromatic nitrogens is 1.